The van der Waals surface area contributed by atoms with Crippen molar-refractivity contribution in [3.8, 4) is 0 Å². The van der Waals surface area contributed by atoms with Gasteiger partial charge < -0.3 is 10.2 Å². The third kappa shape index (κ3) is 5.14. The van der Waals surface area contributed by atoms with Gasteiger partial charge in [-0.15, -0.1) is 6.58 Å². The summed E-state index contributed by atoms with van der Waals surface area (Å²) >= 11 is 5.25. The van der Waals surface area contributed by atoms with Crippen molar-refractivity contribution in [3.63, 3.8) is 0 Å². The highest BCUT2D eigenvalue weighted by atomic mass is 32.1. The van der Waals surface area contributed by atoms with Gasteiger partial charge in [-0.2, -0.15) is 0 Å². The number of urea groups is 1. The summed E-state index contributed by atoms with van der Waals surface area (Å²) in [5, 5.41) is 5.98. The molecule has 2 N–H and O–H groups in total. The first-order chi connectivity index (χ1) is 13.4. The first kappa shape index (κ1) is 22.0. The largest absolute Gasteiger partial charge is 0.366 e. The molecule has 0 bridgehead atoms. The number of rotatable bonds is 7. The predicted molar refractivity (Wildman–Crippen MR) is 111 cm³/mol. The van der Waals surface area contributed by atoms with Crippen LogP contribution >= 0.6 is 12.2 Å². The van der Waals surface area contributed by atoms with Crippen molar-refractivity contribution < 1.29 is 14.4 Å². The monoisotopic (exact) mass is 408 g/mol. The summed E-state index contributed by atoms with van der Waals surface area (Å²) in [4.78, 5) is 46.6. The lowest BCUT2D eigenvalue weighted by atomic mass is 9.96. The van der Waals surface area contributed by atoms with E-state index >= 15 is 0 Å². The highest BCUT2D eigenvalue weighted by Gasteiger charge is 2.42. The number of nitrogens with zero attached hydrogens (tertiary/aromatic N) is 4. The van der Waals surface area contributed by atoms with E-state index < -0.39 is 23.8 Å². The molecule has 2 aliphatic rings. The van der Waals surface area contributed by atoms with Gasteiger partial charge in [-0.1, -0.05) is 13.0 Å². The van der Waals surface area contributed by atoms with Crippen molar-refractivity contribution in [2.24, 2.45) is 10.9 Å². The molecule has 2 fully saturated rings. The number of amides is 4. The van der Waals surface area contributed by atoms with Crippen LogP contribution in [0.1, 0.15) is 13.3 Å². The summed E-state index contributed by atoms with van der Waals surface area (Å²) in [6.07, 6.45) is 1.91. The van der Waals surface area contributed by atoms with E-state index in [9.17, 15) is 14.4 Å². The van der Waals surface area contributed by atoms with Crippen molar-refractivity contribution in [2.75, 3.05) is 52.9 Å². The minimum absolute atomic E-state index is 0.0597. The van der Waals surface area contributed by atoms with Gasteiger partial charge in [0.25, 0.3) is 0 Å². The summed E-state index contributed by atoms with van der Waals surface area (Å²) in [7, 11) is 1.82. The maximum Gasteiger partial charge on any atom is 0.331 e. The minimum atomic E-state index is -1.05. The van der Waals surface area contributed by atoms with Gasteiger partial charge in [-0.05, 0) is 18.6 Å². The van der Waals surface area contributed by atoms with Crippen LogP contribution in [0.2, 0.25) is 0 Å². The second-order valence-electron chi connectivity index (χ2n) is 6.58. The summed E-state index contributed by atoms with van der Waals surface area (Å²) < 4.78 is 0. The Bertz CT molecular complexity index is 672. The number of aliphatic imine (C=N–C) groups is 1. The number of nitrogens with one attached hydrogen (secondary N) is 2. The molecule has 28 heavy (non-hydrogen) atoms. The van der Waals surface area contributed by atoms with Gasteiger partial charge in [0.05, 0.1) is 6.54 Å². The second-order valence-corrected chi connectivity index (χ2v) is 6.96. The van der Waals surface area contributed by atoms with Crippen LogP contribution in [0.5, 0.6) is 0 Å². The fraction of sp³-hybridized carbons (Fsp3) is 0.611. The van der Waals surface area contributed by atoms with Gasteiger partial charge in [-0.25, -0.2) is 4.79 Å². The van der Waals surface area contributed by atoms with Gasteiger partial charge in [0.2, 0.25) is 11.8 Å². The summed E-state index contributed by atoms with van der Waals surface area (Å²) in [5.41, 5.74) is 0.499. The van der Waals surface area contributed by atoms with Crippen molar-refractivity contribution in [2.45, 2.75) is 13.3 Å². The average Bonchev–Trinajstić information content (AvgIpc) is 2.69. The van der Waals surface area contributed by atoms with Crippen LogP contribution in [0.4, 0.5) is 4.79 Å². The molecule has 154 valence electrons. The molecule has 2 aliphatic heterocycles. The van der Waals surface area contributed by atoms with Gasteiger partial charge in [0.1, 0.15) is 0 Å². The fourth-order valence-corrected chi connectivity index (χ4v) is 3.47. The Hall–Kier alpha value is -2.33. The number of carbonyl (C=O) groups is 3. The summed E-state index contributed by atoms with van der Waals surface area (Å²) in [6.45, 7) is 10.2. The average molecular weight is 409 g/mol. The molecule has 0 saturated carbocycles. The summed E-state index contributed by atoms with van der Waals surface area (Å²) in [6, 6.07) is -0.709. The zero-order valence-electron chi connectivity index (χ0n) is 16.4. The molecule has 10 heteroatoms. The van der Waals surface area contributed by atoms with Crippen LogP contribution in [0.25, 0.3) is 0 Å². The number of imide groups is 2. The van der Waals surface area contributed by atoms with Crippen LogP contribution in [-0.4, -0.2) is 96.2 Å². The zero-order chi connectivity index (χ0) is 20.7. The molecule has 0 aliphatic carbocycles. The quantitative estimate of drug-likeness (QED) is 0.261. The molecule has 9 nitrogen and oxygen atoms in total. The molecular weight excluding hydrogens is 380 g/mol. The summed E-state index contributed by atoms with van der Waals surface area (Å²) in [5.74, 6) is -2.19. The van der Waals surface area contributed by atoms with E-state index in [0.717, 1.165) is 42.7 Å². The Kier molecular flexibility index (Phi) is 8.06. The van der Waals surface area contributed by atoms with Gasteiger partial charge in [0, 0.05) is 52.0 Å². The van der Waals surface area contributed by atoms with Crippen LogP contribution in [-0.2, 0) is 9.59 Å². The van der Waals surface area contributed by atoms with E-state index in [1.165, 1.54) is 6.08 Å². The highest BCUT2D eigenvalue weighted by molar-refractivity contribution is 7.80. The maximum absolute atomic E-state index is 12.6. The standard InChI is InChI=1S/C18H28N6O3S/c1-4-7-24-16(26)14(15(25)21-17(24)27)13(5-2)20-6-8-22-9-11-23(12-10-22)18(28)19-3/h4,14H,1,5-12H2,2-3H3,(H,19,28)(H,21,25,27). The Morgan fingerprint density at radius 1 is 1.32 bits per heavy atom. The Labute approximate surface area is 170 Å². The molecule has 2 heterocycles. The molecule has 2 rings (SSSR count). The first-order valence-corrected chi connectivity index (χ1v) is 9.83. The second kappa shape index (κ2) is 10.3. The van der Waals surface area contributed by atoms with Crippen LogP contribution < -0.4 is 10.6 Å². The molecular formula is C18H28N6O3S. The number of thiocarbonyl (C=S) groups is 1. The molecule has 0 aromatic heterocycles. The van der Waals surface area contributed by atoms with E-state index in [0.29, 0.717) is 18.7 Å². The number of hydrogen-bond acceptors (Lipinski definition) is 6. The SMILES string of the molecule is C=CCN1C(=O)NC(=O)C(C(CC)=NCCN2CCN(C(=S)NC)CC2)C1=O. The lowest BCUT2D eigenvalue weighted by Crippen LogP contribution is -2.59. The molecule has 0 aromatic rings. The van der Waals surface area contributed by atoms with E-state index in [1.54, 1.807) is 0 Å². The van der Waals surface area contributed by atoms with Crippen LogP contribution in [0.15, 0.2) is 17.6 Å². The Balaban J connectivity index is 1.95. The smallest absolute Gasteiger partial charge is 0.331 e. The van der Waals surface area contributed by atoms with E-state index in [1.807, 2.05) is 14.0 Å². The number of hydrogen-bond donors (Lipinski definition) is 2. The molecule has 0 spiro atoms. The minimum Gasteiger partial charge on any atom is -0.366 e. The van der Waals surface area contributed by atoms with E-state index in [4.69, 9.17) is 12.2 Å². The van der Waals surface area contributed by atoms with Crippen LogP contribution in [0.3, 0.4) is 0 Å². The molecule has 1 unspecified atom stereocenters. The van der Waals surface area contributed by atoms with E-state index in [-0.39, 0.29) is 6.54 Å². The number of piperazine rings is 1. The molecule has 0 radical (unpaired) electrons. The highest BCUT2D eigenvalue weighted by Crippen LogP contribution is 2.15. The van der Waals surface area contributed by atoms with Crippen molar-refractivity contribution in [3.05, 3.63) is 12.7 Å². The lowest BCUT2D eigenvalue weighted by Gasteiger charge is -2.35. The Morgan fingerprint density at radius 3 is 2.57 bits per heavy atom. The first-order valence-electron chi connectivity index (χ1n) is 9.42. The Morgan fingerprint density at radius 2 is 2.00 bits per heavy atom. The molecule has 1 atom stereocenters. The van der Waals surface area contributed by atoms with Gasteiger partial charge >= 0.3 is 6.03 Å². The van der Waals surface area contributed by atoms with Crippen molar-refractivity contribution in [1.82, 2.24) is 25.3 Å². The normalized spacial score (nSPS) is 21.6. The van der Waals surface area contributed by atoms with Crippen molar-refractivity contribution >= 4 is 40.9 Å². The number of barbiturate groups is 1. The van der Waals surface area contributed by atoms with Crippen LogP contribution in [0, 0.1) is 5.92 Å². The predicted octanol–water partition coefficient (Wildman–Crippen LogP) is -0.160. The third-order valence-corrected chi connectivity index (χ3v) is 5.32. The van der Waals surface area contributed by atoms with Gasteiger partial charge in [0.15, 0.2) is 11.0 Å². The molecule has 4 amide bonds. The maximum atomic E-state index is 12.6. The van der Waals surface area contributed by atoms with Crippen molar-refractivity contribution in [1.29, 1.82) is 0 Å². The van der Waals surface area contributed by atoms with Gasteiger partial charge in [-0.3, -0.25) is 29.7 Å². The molecule has 0 aromatic carbocycles. The lowest BCUT2D eigenvalue weighted by molar-refractivity contribution is -0.139. The fourth-order valence-electron chi connectivity index (χ4n) is 3.28. The number of carbonyl (C=O) groups excluding carboxylic acids is 3. The van der Waals surface area contributed by atoms with E-state index in [2.05, 4.69) is 32.0 Å². The molecule has 2 saturated heterocycles. The topological polar surface area (TPSA) is 97.3 Å². The third-order valence-electron chi connectivity index (χ3n) is 4.86. The zero-order valence-corrected chi connectivity index (χ0v) is 17.3.